The number of quaternary nitrogens is 1. The lowest BCUT2D eigenvalue weighted by Gasteiger charge is -2.45. The van der Waals surface area contributed by atoms with Gasteiger partial charge in [0.05, 0.1) is 19.6 Å². The van der Waals surface area contributed by atoms with E-state index in [9.17, 15) is 10.3 Å². The van der Waals surface area contributed by atoms with Crippen LogP contribution in [0, 0.1) is 11.1 Å². The molecule has 0 spiro atoms. The van der Waals surface area contributed by atoms with Crippen LogP contribution >= 0.6 is 0 Å². The second kappa shape index (κ2) is 6.44. The summed E-state index contributed by atoms with van der Waals surface area (Å²) in [4.78, 5) is 0. The minimum atomic E-state index is -1.14. The Bertz CT molecular complexity index is 581. The van der Waals surface area contributed by atoms with Crippen LogP contribution in [-0.4, -0.2) is 29.4 Å². The van der Waals surface area contributed by atoms with Crippen molar-refractivity contribution < 1.29 is 9.75 Å². The van der Waals surface area contributed by atoms with Gasteiger partial charge in [0.1, 0.15) is 5.60 Å². The highest BCUT2D eigenvalue weighted by molar-refractivity contribution is 5.36. The van der Waals surface area contributed by atoms with Crippen LogP contribution in [0.2, 0.25) is 0 Å². The van der Waals surface area contributed by atoms with E-state index in [4.69, 9.17) is 0 Å². The molecule has 3 rings (SSSR count). The Hall–Kier alpha value is -1.68. The van der Waals surface area contributed by atoms with Crippen molar-refractivity contribution in [3.05, 3.63) is 77.0 Å². The average molecular weight is 311 g/mol. The zero-order chi connectivity index (χ0) is 16.3. The highest BCUT2D eigenvalue weighted by atomic mass is 16.5. The number of hydroxylamine groups is 3. The summed E-state index contributed by atoms with van der Waals surface area (Å²) < 4.78 is -0.177. The SMILES string of the molecule is CC(C[N+]1([O-])CCCC1)C(O)(c1ccccc1)c1ccccc1. The van der Waals surface area contributed by atoms with Crippen molar-refractivity contribution in [1.29, 1.82) is 0 Å². The van der Waals surface area contributed by atoms with Gasteiger partial charge in [-0.15, -0.1) is 0 Å². The molecule has 3 nitrogen and oxygen atoms in total. The van der Waals surface area contributed by atoms with E-state index in [0.29, 0.717) is 19.6 Å². The average Bonchev–Trinajstić information content (AvgIpc) is 3.01. The first-order valence-corrected chi connectivity index (χ1v) is 8.45. The quantitative estimate of drug-likeness (QED) is 0.676. The summed E-state index contributed by atoms with van der Waals surface area (Å²) in [7, 11) is 0. The zero-order valence-electron chi connectivity index (χ0n) is 13.7. The van der Waals surface area contributed by atoms with Crippen molar-refractivity contribution in [2.45, 2.75) is 25.4 Å². The molecular weight excluding hydrogens is 286 g/mol. The predicted molar refractivity (Wildman–Crippen MR) is 92.5 cm³/mol. The van der Waals surface area contributed by atoms with Crippen LogP contribution in [0.4, 0.5) is 0 Å². The van der Waals surface area contributed by atoms with E-state index in [-0.39, 0.29) is 10.6 Å². The maximum absolute atomic E-state index is 12.8. The van der Waals surface area contributed by atoms with E-state index in [1.165, 1.54) is 0 Å². The Kier molecular flexibility index (Phi) is 4.53. The van der Waals surface area contributed by atoms with E-state index in [2.05, 4.69) is 0 Å². The third-order valence-electron chi connectivity index (χ3n) is 5.13. The van der Waals surface area contributed by atoms with Crippen molar-refractivity contribution in [1.82, 2.24) is 0 Å². The molecule has 1 aliphatic heterocycles. The van der Waals surface area contributed by atoms with Gasteiger partial charge >= 0.3 is 0 Å². The molecule has 1 atom stereocenters. The van der Waals surface area contributed by atoms with Crippen LogP contribution in [0.25, 0.3) is 0 Å². The van der Waals surface area contributed by atoms with E-state index < -0.39 is 5.60 Å². The van der Waals surface area contributed by atoms with Crippen molar-refractivity contribution in [3.63, 3.8) is 0 Å². The molecule has 0 amide bonds. The van der Waals surface area contributed by atoms with Gasteiger partial charge in [-0.25, -0.2) is 0 Å². The number of likely N-dealkylation sites (tertiary alicyclic amines) is 1. The lowest BCUT2D eigenvalue weighted by atomic mass is 9.76. The first-order valence-electron chi connectivity index (χ1n) is 8.45. The van der Waals surface area contributed by atoms with Crippen LogP contribution in [0.3, 0.4) is 0 Å². The minimum Gasteiger partial charge on any atom is -0.633 e. The molecule has 3 heteroatoms. The van der Waals surface area contributed by atoms with Crippen molar-refractivity contribution in [3.8, 4) is 0 Å². The van der Waals surface area contributed by atoms with Gasteiger partial charge in [-0.3, -0.25) is 0 Å². The normalized spacial score (nSPS) is 18.7. The van der Waals surface area contributed by atoms with E-state index >= 15 is 0 Å². The summed E-state index contributed by atoms with van der Waals surface area (Å²) >= 11 is 0. The molecule has 2 aromatic carbocycles. The third-order valence-corrected chi connectivity index (χ3v) is 5.13. The smallest absolute Gasteiger partial charge is 0.122 e. The first kappa shape index (κ1) is 16.2. The molecule has 1 heterocycles. The molecule has 1 fully saturated rings. The number of benzene rings is 2. The van der Waals surface area contributed by atoms with Gasteiger partial charge < -0.3 is 15.0 Å². The molecule has 1 unspecified atom stereocenters. The second-order valence-electron chi connectivity index (χ2n) is 6.79. The van der Waals surface area contributed by atoms with Crippen LogP contribution < -0.4 is 0 Å². The molecule has 122 valence electrons. The molecule has 2 aromatic rings. The zero-order valence-corrected chi connectivity index (χ0v) is 13.7. The Morgan fingerprint density at radius 3 is 1.83 bits per heavy atom. The predicted octanol–water partition coefficient (Wildman–Crippen LogP) is 3.67. The van der Waals surface area contributed by atoms with Crippen LogP contribution in [0.5, 0.6) is 0 Å². The van der Waals surface area contributed by atoms with Gasteiger partial charge in [0.2, 0.25) is 0 Å². The standard InChI is InChI=1S/C20H25NO2/c1-17(16-21(23)14-8-9-15-21)20(22,18-10-4-2-5-11-18)19-12-6-3-7-13-19/h2-7,10-13,17,22H,8-9,14-16H2,1H3. The van der Waals surface area contributed by atoms with Gasteiger partial charge in [0.15, 0.2) is 0 Å². The number of aliphatic hydroxyl groups is 1. The molecule has 0 saturated carbocycles. The first-order chi connectivity index (χ1) is 11.0. The van der Waals surface area contributed by atoms with Gasteiger partial charge in [-0.2, -0.15) is 0 Å². The van der Waals surface area contributed by atoms with Crippen molar-refractivity contribution in [2.24, 2.45) is 5.92 Å². The summed E-state index contributed by atoms with van der Waals surface area (Å²) in [5, 5.41) is 24.5. The van der Waals surface area contributed by atoms with Crippen molar-refractivity contribution in [2.75, 3.05) is 19.6 Å². The highest BCUT2D eigenvalue weighted by Gasteiger charge is 2.41. The van der Waals surface area contributed by atoms with E-state index in [1.807, 2.05) is 67.6 Å². The largest absolute Gasteiger partial charge is 0.633 e. The fourth-order valence-electron chi connectivity index (χ4n) is 3.85. The van der Waals surface area contributed by atoms with E-state index in [1.54, 1.807) is 0 Å². The Morgan fingerprint density at radius 2 is 1.39 bits per heavy atom. The maximum atomic E-state index is 12.8. The third kappa shape index (κ3) is 3.18. The molecule has 0 aliphatic carbocycles. The molecule has 1 saturated heterocycles. The molecule has 1 N–H and O–H groups in total. The van der Waals surface area contributed by atoms with Crippen LogP contribution in [-0.2, 0) is 5.60 Å². The van der Waals surface area contributed by atoms with Crippen LogP contribution in [0.1, 0.15) is 30.9 Å². The lowest BCUT2D eigenvalue weighted by Crippen LogP contribution is -2.48. The van der Waals surface area contributed by atoms with Gasteiger partial charge in [-0.05, 0) is 11.1 Å². The van der Waals surface area contributed by atoms with E-state index in [0.717, 1.165) is 24.0 Å². The molecule has 0 aromatic heterocycles. The fraction of sp³-hybridized carbons (Fsp3) is 0.400. The second-order valence-corrected chi connectivity index (χ2v) is 6.79. The highest BCUT2D eigenvalue weighted by Crippen LogP contribution is 2.38. The minimum absolute atomic E-state index is 0.164. The van der Waals surface area contributed by atoms with Gasteiger partial charge in [0.25, 0.3) is 0 Å². The summed E-state index contributed by atoms with van der Waals surface area (Å²) in [6.07, 6.45) is 1.98. The molecule has 0 bridgehead atoms. The Labute approximate surface area is 138 Å². The number of hydrogen-bond acceptors (Lipinski definition) is 2. The fourth-order valence-corrected chi connectivity index (χ4v) is 3.85. The summed E-state index contributed by atoms with van der Waals surface area (Å²) in [6, 6.07) is 19.4. The monoisotopic (exact) mass is 311 g/mol. The van der Waals surface area contributed by atoms with Gasteiger partial charge in [0, 0.05) is 18.8 Å². The van der Waals surface area contributed by atoms with Crippen molar-refractivity contribution >= 4 is 0 Å². The number of rotatable bonds is 5. The number of hydrogen-bond donors (Lipinski definition) is 1. The summed E-state index contributed by atoms with van der Waals surface area (Å²) in [6.45, 7) is 3.78. The molecule has 23 heavy (non-hydrogen) atoms. The summed E-state index contributed by atoms with van der Waals surface area (Å²) in [5.41, 5.74) is 0.565. The van der Waals surface area contributed by atoms with Gasteiger partial charge in [-0.1, -0.05) is 67.6 Å². The summed E-state index contributed by atoms with van der Waals surface area (Å²) in [5.74, 6) is -0.164. The number of nitrogens with zero attached hydrogens (tertiary/aromatic N) is 1. The Morgan fingerprint density at radius 1 is 0.957 bits per heavy atom. The topological polar surface area (TPSA) is 43.3 Å². The van der Waals surface area contributed by atoms with Crippen LogP contribution in [0.15, 0.2) is 60.7 Å². The molecule has 0 radical (unpaired) electrons. The molecular formula is C20H25NO2. The molecule has 1 aliphatic rings. The maximum Gasteiger partial charge on any atom is 0.122 e. The Balaban J connectivity index is 1.98. The lowest BCUT2D eigenvalue weighted by molar-refractivity contribution is -0.872.